The van der Waals surface area contributed by atoms with Crippen molar-refractivity contribution in [3.8, 4) is 0 Å². The second kappa shape index (κ2) is 5.99. The Balaban J connectivity index is 1.74. The van der Waals surface area contributed by atoms with Crippen molar-refractivity contribution in [1.29, 1.82) is 0 Å². The SMILES string of the molecule is Cn1c(NCc2ccc(C(=O)CO)cc2)nc2ccccc21. The smallest absolute Gasteiger partial charge is 0.203 e. The van der Waals surface area contributed by atoms with E-state index < -0.39 is 6.61 Å². The number of aromatic nitrogens is 2. The predicted octanol–water partition coefficient (Wildman–Crippen LogP) is 2.36. The van der Waals surface area contributed by atoms with Crippen LogP contribution in [0.3, 0.4) is 0 Å². The average Bonchev–Trinajstić information content (AvgIpc) is 2.89. The lowest BCUT2D eigenvalue weighted by Crippen LogP contribution is -2.06. The first kappa shape index (κ1) is 14.3. The maximum Gasteiger partial charge on any atom is 0.203 e. The molecule has 0 aliphatic carbocycles. The molecule has 0 aliphatic heterocycles. The summed E-state index contributed by atoms with van der Waals surface area (Å²) in [5.41, 5.74) is 3.60. The van der Waals surface area contributed by atoms with Crippen LogP contribution in [-0.4, -0.2) is 27.0 Å². The summed E-state index contributed by atoms with van der Waals surface area (Å²) < 4.78 is 2.01. The molecule has 0 saturated carbocycles. The monoisotopic (exact) mass is 295 g/mol. The summed E-state index contributed by atoms with van der Waals surface area (Å²) in [4.78, 5) is 15.9. The molecular weight excluding hydrogens is 278 g/mol. The molecule has 0 aliphatic rings. The highest BCUT2D eigenvalue weighted by Crippen LogP contribution is 2.18. The molecule has 5 nitrogen and oxygen atoms in total. The number of aliphatic hydroxyl groups excluding tert-OH is 1. The molecular formula is C17H17N3O2. The van der Waals surface area contributed by atoms with Crippen molar-refractivity contribution in [2.45, 2.75) is 6.54 Å². The first-order valence-electron chi connectivity index (χ1n) is 7.07. The lowest BCUT2D eigenvalue weighted by atomic mass is 10.1. The first-order valence-corrected chi connectivity index (χ1v) is 7.07. The van der Waals surface area contributed by atoms with E-state index in [-0.39, 0.29) is 5.78 Å². The zero-order valence-electron chi connectivity index (χ0n) is 12.3. The van der Waals surface area contributed by atoms with Crippen LogP contribution >= 0.6 is 0 Å². The van der Waals surface area contributed by atoms with Crippen molar-refractivity contribution in [2.75, 3.05) is 11.9 Å². The summed E-state index contributed by atoms with van der Waals surface area (Å²) in [6, 6.07) is 15.2. The van der Waals surface area contributed by atoms with Crippen molar-refractivity contribution in [3.05, 3.63) is 59.7 Å². The summed E-state index contributed by atoms with van der Waals surface area (Å²) in [7, 11) is 1.97. The molecule has 1 heterocycles. The number of benzene rings is 2. The van der Waals surface area contributed by atoms with E-state index in [0.29, 0.717) is 12.1 Å². The van der Waals surface area contributed by atoms with Gasteiger partial charge in [-0.15, -0.1) is 0 Å². The number of ketones is 1. The minimum Gasteiger partial charge on any atom is -0.388 e. The Hall–Kier alpha value is -2.66. The number of aliphatic hydroxyl groups is 1. The largest absolute Gasteiger partial charge is 0.388 e. The minimum absolute atomic E-state index is 0.269. The van der Waals surface area contributed by atoms with Gasteiger partial charge in [0.1, 0.15) is 6.61 Å². The van der Waals surface area contributed by atoms with Gasteiger partial charge < -0.3 is 15.0 Å². The summed E-state index contributed by atoms with van der Waals surface area (Å²) in [5.74, 6) is 0.534. The second-order valence-electron chi connectivity index (χ2n) is 5.11. The number of carbonyl (C=O) groups is 1. The molecule has 0 amide bonds. The van der Waals surface area contributed by atoms with E-state index in [1.165, 1.54) is 0 Å². The molecule has 22 heavy (non-hydrogen) atoms. The Labute approximate surface area is 128 Å². The quantitative estimate of drug-likeness (QED) is 0.709. The standard InChI is InChI=1S/C17H17N3O2/c1-20-15-5-3-2-4-14(15)19-17(20)18-10-12-6-8-13(9-7-12)16(22)11-21/h2-9,21H,10-11H2,1H3,(H,18,19). The molecule has 3 aromatic rings. The van der Waals surface area contributed by atoms with Crippen LogP contribution in [0.1, 0.15) is 15.9 Å². The Morgan fingerprint density at radius 1 is 1.18 bits per heavy atom. The molecule has 3 rings (SSSR count). The maximum atomic E-state index is 11.4. The first-order chi connectivity index (χ1) is 10.7. The van der Waals surface area contributed by atoms with Crippen molar-refractivity contribution in [3.63, 3.8) is 0 Å². The van der Waals surface area contributed by atoms with Gasteiger partial charge in [-0.1, -0.05) is 36.4 Å². The van der Waals surface area contributed by atoms with Gasteiger partial charge in [-0.05, 0) is 17.7 Å². The highest BCUT2D eigenvalue weighted by molar-refractivity contribution is 5.96. The minimum atomic E-state index is -0.461. The lowest BCUT2D eigenvalue weighted by Gasteiger charge is -2.07. The average molecular weight is 295 g/mol. The van der Waals surface area contributed by atoms with Crippen LogP contribution in [0.2, 0.25) is 0 Å². The number of rotatable bonds is 5. The fourth-order valence-electron chi connectivity index (χ4n) is 2.38. The van der Waals surface area contributed by atoms with Gasteiger partial charge in [0.2, 0.25) is 5.95 Å². The fourth-order valence-corrected chi connectivity index (χ4v) is 2.38. The zero-order chi connectivity index (χ0) is 15.5. The molecule has 112 valence electrons. The van der Waals surface area contributed by atoms with Crippen molar-refractivity contribution < 1.29 is 9.90 Å². The number of anilines is 1. The van der Waals surface area contributed by atoms with Gasteiger partial charge in [0.15, 0.2) is 5.78 Å². The van der Waals surface area contributed by atoms with Crippen molar-refractivity contribution >= 4 is 22.8 Å². The molecule has 0 atom stereocenters. The Kier molecular flexibility index (Phi) is 3.89. The molecule has 1 aromatic heterocycles. The Morgan fingerprint density at radius 2 is 1.91 bits per heavy atom. The molecule has 5 heteroatoms. The Bertz CT molecular complexity index is 806. The third-order valence-electron chi connectivity index (χ3n) is 3.66. The van der Waals surface area contributed by atoms with Crippen LogP contribution in [-0.2, 0) is 13.6 Å². The molecule has 2 N–H and O–H groups in total. The number of aryl methyl sites for hydroxylation is 1. The topological polar surface area (TPSA) is 67.2 Å². The number of carbonyl (C=O) groups excluding carboxylic acids is 1. The molecule has 0 bridgehead atoms. The van der Waals surface area contributed by atoms with Crippen molar-refractivity contribution in [1.82, 2.24) is 9.55 Å². The van der Waals surface area contributed by atoms with Gasteiger partial charge in [0, 0.05) is 19.2 Å². The number of para-hydroxylation sites is 2. The van der Waals surface area contributed by atoms with Crippen LogP contribution in [0.15, 0.2) is 48.5 Å². The maximum absolute atomic E-state index is 11.4. The predicted molar refractivity (Wildman–Crippen MR) is 85.9 cm³/mol. The number of nitrogens with zero attached hydrogens (tertiary/aromatic N) is 2. The third kappa shape index (κ3) is 2.71. The highest BCUT2D eigenvalue weighted by atomic mass is 16.3. The van der Waals surface area contributed by atoms with E-state index >= 15 is 0 Å². The van der Waals surface area contributed by atoms with E-state index in [1.54, 1.807) is 12.1 Å². The normalized spacial score (nSPS) is 10.8. The number of fused-ring (bicyclic) bond motifs is 1. The van der Waals surface area contributed by atoms with E-state index in [4.69, 9.17) is 5.11 Å². The van der Waals surface area contributed by atoms with Crippen molar-refractivity contribution in [2.24, 2.45) is 7.05 Å². The fraction of sp³-hybridized carbons (Fsp3) is 0.176. The van der Waals surface area contributed by atoms with Gasteiger partial charge in [0.25, 0.3) is 0 Å². The van der Waals surface area contributed by atoms with E-state index in [9.17, 15) is 4.79 Å². The van der Waals surface area contributed by atoms with Crippen LogP contribution in [0, 0.1) is 0 Å². The summed E-state index contributed by atoms with van der Waals surface area (Å²) in [5, 5.41) is 12.1. The number of Topliss-reactive ketones (excluding diaryl/α,β-unsaturated/α-hetero) is 1. The van der Waals surface area contributed by atoms with Crippen LogP contribution in [0.5, 0.6) is 0 Å². The molecule has 0 saturated heterocycles. The van der Waals surface area contributed by atoms with Crippen LogP contribution < -0.4 is 5.32 Å². The number of nitrogens with one attached hydrogen (secondary N) is 1. The summed E-state index contributed by atoms with van der Waals surface area (Å²) >= 11 is 0. The third-order valence-corrected chi connectivity index (χ3v) is 3.66. The molecule has 0 spiro atoms. The van der Waals surface area contributed by atoms with Gasteiger partial charge in [-0.3, -0.25) is 4.79 Å². The molecule has 0 fully saturated rings. The number of hydrogen-bond donors (Lipinski definition) is 2. The molecule has 0 unspecified atom stereocenters. The second-order valence-corrected chi connectivity index (χ2v) is 5.11. The number of imidazole rings is 1. The van der Waals surface area contributed by atoms with E-state index in [0.717, 1.165) is 22.5 Å². The van der Waals surface area contributed by atoms with E-state index in [2.05, 4.69) is 10.3 Å². The summed E-state index contributed by atoms with van der Waals surface area (Å²) in [6.07, 6.45) is 0. The molecule has 2 aromatic carbocycles. The van der Waals surface area contributed by atoms with Crippen LogP contribution in [0.4, 0.5) is 5.95 Å². The molecule has 0 radical (unpaired) electrons. The van der Waals surface area contributed by atoms with Gasteiger partial charge >= 0.3 is 0 Å². The number of hydrogen-bond acceptors (Lipinski definition) is 4. The summed E-state index contributed by atoms with van der Waals surface area (Å²) in [6.45, 7) is 0.155. The Morgan fingerprint density at radius 3 is 2.59 bits per heavy atom. The van der Waals surface area contributed by atoms with Gasteiger partial charge in [0.05, 0.1) is 11.0 Å². The van der Waals surface area contributed by atoms with Gasteiger partial charge in [-0.25, -0.2) is 4.98 Å². The van der Waals surface area contributed by atoms with E-state index in [1.807, 2.05) is 48.0 Å². The lowest BCUT2D eigenvalue weighted by molar-refractivity contribution is 0.0903. The zero-order valence-corrected chi connectivity index (χ0v) is 12.3. The van der Waals surface area contributed by atoms with Crippen LogP contribution in [0.25, 0.3) is 11.0 Å². The highest BCUT2D eigenvalue weighted by Gasteiger charge is 2.07. The van der Waals surface area contributed by atoms with Gasteiger partial charge in [-0.2, -0.15) is 0 Å².